The highest BCUT2D eigenvalue weighted by Crippen LogP contribution is 2.42. The van der Waals surface area contributed by atoms with Gasteiger partial charge in [-0.1, -0.05) is 54.1 Å². The van der Waals surface area contributed by atoms with Crippen LogP contribution in [0.4, 0.5) is 0 Å². The van der Waals surface area contributed by atoms with Gasteiger partial charge < -0.3 is 19.7 Å². The van der Waals surface area contributed by atoms with Crippen molar-refractivity contribution in [3.63, 3.8) is 0 Å². The Labute approximate surface area is 274 Å². The number of ether oxygens (including phenoxy) is 1. The largest absolute Gasteiger partial charge is 0.493 e. The van der Waals surface area contributed by atoms with Crippen LogP contribution in [0.2, 0.25) is 5.02 Å². The Balaban J connectivity index is 0.00000357. The number of aromatic nitrogens is 3. The van der Waals surface area contributed by atoms with Gasteiger partial charge in [0.05, 0.1) is 22.8 Å². The zero-order chi connectivity index (χ0) is 30.5. The average molecular weight is 649 g/mol. The first-order chi connectivity index (χ1) is 21.3. The molecule has 2 aromatic heterocycles. The highest BCUT2D eigenvalue weighted by Gasteiger charge is 2.36. The number of hydrogen-bond acceptors (Lipinski definition) is 5. The molecule has 3 aliphatic rings. The molecule has 2 unspecified atom stereocenters. The minimum atomic E-state index is -0.920. The number of rotatable bonds is 10. The number of halogens is 2. The zero-order valence-corrected chi connectivity index (χ0v) is 27.4. The third-order valence-electron chi connectivity index (χ3n) is 9.46. The van der Waals surface area contributed by atoms with Crippen molar-refractivity contribution in [1.29, 1.82) is 0 Å². The maximum absolute atomic E-state index is 13.1. The van der Waals surface area contributed by atoms with Crippen molar-refractivity contribution in [3.8, 4) is 16.9 Å². The molecule has 0 spiro atoms. The summed E-state index contributed by atoms with van der Waals surface area (Å²) in [6, 6.07) is 19.2. The molecule has 2 N–H and O–H groups in total. The predicted octanol–water partition coefficient (Wildman–Crippen LogP) is 6.64. The molecule has 0 amide bonds. The minimum absolute atomic E-state index is 0. The number of piperazine rings is 1. The van der Waals surface area contributed by atoms with Gasteiger partial charge in [0.15, 0.2) is 0 Å². The number of nitrogens with zero attached hydrogens (tertiary/aromatic N) is 4. The summed E-state index contributed by atoms with van der Waals surface area (Å²) in [5.41, 5.74) is 5.73. The first-order valence-corrected chi connectivity index (χ1v) is 15.8. The number of carboxylic acids is 1. The highest BCUT2D eigenvalue weighted by atomic mass is 35.5. The molecule has 10 heteroatoms. The summed E-state index contributed by atoms with van der Waals surface area (Å²) in [4.78, 5) is 15.5. The molecule has 3 aliphatic heterocycles. The number of aromatic carboxylic acids is 1. The van der Waals surface area contributed by atoms with E-state index in [9.17, 15) is 9.90 Å². The third-order valence-corrected chi connectivity index (χ3v) is 9.77. The SMILES string of the molecule is Cc1nn(C)c(C)c1-c1c(Cl)ccc2c(CCCOc3cccc4ccccc34)c(C(=O)O)n(CCN3CC4CC(C3)N4)c12.Cl. The second kappa shape index (κ2) is 12.7. The molecule has 0 radical (unpaired) electrons. The second-order valence-electron chi connectivity index (χ2n) is 12.3. The van der Waals surface area contributed by atoms with E-state index in [4.69, 9.17) is 16.3 Å². The maximum atomic E-state index is 13.1. The Kier molecular flexibility index (Phi) is 8.85. The van der Waals surface area contributed by atoms with Crippen molar-refractivity contribution in [2.24, 2.45) is 7.05 Å². The van der Waals surface area contributed by atoms with Crippen molar-refractivity contribution < 1.29 is 14.6 Å². The number of fused-ring (bicyclic) bond motifs is 4. The van der Waals surface area contributed by atoms with Crippen molar-refractivity contribution in [3.05, 3.63) is 82.3 Å². The van der Waals surface area contributed by atoms with Crippen molar-refractivity contribution in [2.75, 3.05) is 26.2 Å². The molecule has 2 atom stereocenters. The van der Waals surface area contributed by atoms with E-state index in [1.165, 1.54) is 6.42 Å². The molecule has 5 heterocycles. The van der Waals surface area contributed by atoms with Gasteiger partial charge in [-0.15, -0.1) is 12.4 Å². The summed E-state index contributed by atoms with van der Waals surface area (Å²) in [6.07, 6.45) is 2.47. The average Bonchev–Trinajstić information content (AvgIpc) is 3.45. The van der Waals surface area contributed by atoms with Gasteiger partial charge in [0, 0.05) is 72.9 Å². The first-order valence-electron chi connectivity index (χ1n) is 15.5. The Morgan fingerprint density at radius 3 is 2.47 bits per heavy atom. The predicted molar refractivity (Wildman–Crippen MR) is 182 cm³/mol. The van der Waals surface area contributed by atoms with Crippen LogP contribution in [0.3, 0.4) is 0 Å². The highest BCUT2D eigenvalue weighted by molar-refractivity contribution is 6.35. The van der Waals surface area contributed by atoms with Crippen LogP contribution in [0.15, 0.2) is 54.6 Å². The van der Waals surface area contributed by atoms with Crippen LogP contribution in [0.1, 0.15) is 40.3 Å². The molecular formula is C35H39Cl2N5O3. The van der Waals surface area contributed by atoms with Gasteiger partial charge in [0.1, 0.15) is 11.4 Å². The van der Waals surface area contributed by atoms with Gasteiger partial charge in [-0.3, -0.25) is 9.58 Å². The second-order valence-corrected chi connectivity index (χ2v) is 12.7. The lowest BCUT2D eigenvalue weighted by Gasteiger charge is -2.48. The minimum Gasteiger partial charge on any atom is -0.493 e. The normalized spacial score (nSPS) is 17.8. The number of aryl methyl sites for hydroxylation is 3. The van der Waals surface area contributed by atoms with Crippen molar-refractivity contribution in [1.82, 2.24) is 24.6 Å². The lowest BCUT2D eigenvalue weighted by molar-refractivity contribution is 0.0668. The summed E-state index contributed by atoms with van der Waals surface area (Å²) in [5, 5.41) is 22.7. The molecule has 45 heavy (non-hydrogen) atoms. The molecule has 8 rings (SSSR count). The molecule has 2 bridgehead atoms. The van der Waals surface area contributed by atoms with E-state index < -0.39 is 5.97 Å². The molecule has 5 aromatic rings. The fourth-order valence-corrected chi connectivity index (χ4v) is 7.62. The van der Waals surface area contributed by atoms with E-state index in [0.29, 0.717) is 48.8 Å². The van der Waals surface area contributed by atoms with Crippen LogP contribution < -0.4 is 10.1 Å². The van der Waals surface area contributed by atoms with Gasteiger partial charge in [0.2, 0.25) is 0 Å². The Morgan fingerprint density at radius 1 is 1.02 bits per heavy atom. The number of piperidine rings is 1. The lowest BCUT2D eigenvalue weighted by Crippen LogP contribution is -2.66. The molecule has 0 aliphatic carbocycles. The summed E-state index contributed by atoms with van der Waals surface area (Å²) in [6.45, 7) is 7.82. The van der Waals surface area contributed by atoms with E-state index in [2.05, 4.69) is 33.5 Å². The van der Waals surface area contributed by atoms with Gasteiger partial charge >= 0.3 is 5.97 Å². The molecule has 3 saturated heterocycles. The Morgan fingerprint density at radius 2 is 1.76 bits per heavy atom. The number of hydrogen-bond donors (Lipinski definition) is 2. The number of carbonyl (C=O) groups is 1. The van der Waals surface area contributed by atoms with Gasteiger partial charge in [-0.05, 0) is 56.2 Å². The first kappa shape index (κ1) is 31.4. The molecule has 3 fully saturated rings. The maximum Gasteiger partial charge on any atom is 0.352 e. The molecule has 0 saturated carbocycles. The van der Waals surface area contributed by atoms with Crippen molar-refractivity contribution in [2.45, 2.75) is 51.7 Å². The summed E-state index contributed by atoms with van der Waals surface area (Å²) < 4.78 is 10.1. The quantitative estimate of drug-likeness (QED) is 0.165. The number of benzene rings is 3. The van der Waals surface area contributed by atoms with E-state index >= 15 is 0 Å². The van der Waals surface area contributed by atoms with Gasteiger partial charge in [0.25, 0.3) is 0 Å². The van der Waals surface area contributed by atoms with Crippen LogP contribution in [0.25, 0.3) is 32.8 Å². The fraction of sp³-hybridized carbons (Fsp3) is 0.371. The van der Waals surface area contributed by atoms with Gasteiger partial charge in [-0.2, -0.15) is 5.10 Å². The van der Waals surface area contributed by atoms with Crippen LogP contribution in [-0.2, 0) is 20.0 Å². The van der Waals surface area contributed by atoms with Crippen LogP contribution >= 0.6 is 24.0 Å². The molecular weight excluding hydrogens is 609 g/mol. The summed E-state index contributed by atoms with van der Waals surface area (Å²) in [5.74, 6) is -0.0781. The standard InChI is InChI=1S/C35H38ClN5O3.ClH/c1-21-31(22(2)39(3)38-21)32-29(36)14-13-28-27(11-7-17-44-30-12-6-9-23-8-4-5-10-26(23)30)34(35(42)43)41(33(28)32)16-15-40-19-24-18-25(20-40)37-24;/h4-6,8-10,12-14,24-25,37H,7,11,15-20H2,1-3H3,(H,42,43);1H. The van der Waals surface area contributed by atoms with E-state index in [1.54, 1.807) is 0 Å². The van der Waals surface area contributed by atoms with E-state index in [-0.39, 0.29) is 12.4 Å². The van der Waals surface area contributed by atoms with Crippen LogP contribution in [-0.4, -0.2) is 68.6 Å². The molecule has 8 nitrogen and oxygen atoms in total. The van der Waals surface area contributed by atoms with E-state index in [0.717, 1.165) is 75.1 Å². The van der Waals surface area contributed by atoms with Crippen molar-refractivity contribution >= 4 is 51.7 Å². The number of carboxylic acid groups (broad SMARTS) is 1. The Hall–Kier alpha value is -3.56. The third kappa shape index (κ3) is 5.69. The fourth-order valence-electron chi connectivity index (χ4n) is 7.37. The van der Waals surface area contributed by atoms with Crippen LogP contribution in [0, 0.1) is 13.8 Å². The molecule has 236 valence electrons. The zero-order valence-electron chi connectivity index (χ0n) is 25.8. The monoisotopic (exact) mass is 647 g/mol. The lowest BCUT2D eigenvalue weighted by atomic mass is 9.91. The van der Waals surface area contributed by atoms with E-state index in [1.807, 2.05) is 66.5 Å². The van der Waals surface area contributed by atoms with Crippen LogP contribution in [0.5, 0.6) is 5.75 Å². The number of nitrogens with one attached hydrogen (secondary N) is 1. The smallest absolute Gasteiger partial charge is 0.352 e. The topological polar surface area (TPSA) is 84.5 Å². The molecule has 3 aromatic carbocycles. The summed E-state index contributed by atoms with van der Waals surface area (Å²) in [7, 11) is 1.93. The van der Waals surface area contributed by atoms with Gasteiger partial charge in [-0.25, -0.2) is 4.79 Å². The Bertz CT molecular complexity index is 1880. The summed E-state index contributed by atoms with van der Waals surface area (Å²) >= 11 is 6.98.